The first-order valence-electron chi connectivity index (χ1n) is 25.9. The zero-order valence-corrected chi connectivity index (χ0v) is 39.7. The Hall–Kier alpha value is -2.18. The molecular formula is C54H99NO5. The van der Waals surface area contributed by atoms with Crippen molar-refractivity contribution in [3.63, 3.8) is 0 Å². The number of carbonyl (C=O) groups is 2. The van der Waals surface area contributed by atoms with Crippen molar-refractivity contribution < 1.29 is 24.5 Å². The molecule has 0 saturated heterocycles. The van der Waals surface area contributed by atoms with Gasteiger partial charge in [-0.2, -0.15) is 0 Å². The Labute approximate surface area is 372 Å². The van der Waals surface area contributed by atoms with Crippen LogP contribution in [0.25, 0.3) is 0 Å². The van der Waals surface area contributed by atoms with E-state index in [0.29, 0.717) is 19.4 Å². The Kier molecular flexibility index (Phi) is 47.7. The van der Waals surface area contributed by atoms with Crippen molar-refractivity contribution >= 4 is 11.9 Å². The van der Waals surface area contributed by atoms with E-state index in [-0.39, 0.29) is 18.5 Å². The van der Waals surface area contributed by atoms with Crippen LogP contribution in [0.3, 0.4) is 0 Å². The van der Waals surface area contributed by atoms with Gasteiger partial charge in [0.2, 0.25) is 5.91 Å². The number of amides is 1. The van der Waals surface area contributed by atoms with Crippen LogP contribution < -0.4 is 5.32 Å². The lowest BCUT2D eigenvalue weighted by Gasteiger charge is -2.20. The van der Waals surface area contributed by atoms with Gasteiger partial charge in [0.1, 0.15) is 0 Å². The molecule has 0 heterocycles. The van der Waals surface area contributed by atoms with Gasteiger partial charge in [0.15, 0.2) is 0 Å². The van der Waals surface area contributed by atoms with Crippen molar-refractivity contribution in [3.8, 4) is 0 Å². The first kappa shape index (κ1) is 57.8. The van der Waals surface area contributed by atoms with Gasteiger partial charge in [0.25, 0.3) is 0 Å². The molecule has 0 aromatic rings. The van der Waals surface area contributed by atoms with Crippen LogP contribution in [-0.2, 0) is 14.3 Å². The van der Waals surface area contributed by atoms with Crippen LogP contribution in [-0.4, -0.2) is 47.4 Å². The molecule has 0 aliphatic heterocycles. The minimum atomic E-state index is -0.861. The van der Waals surface area contributed by atoms with E-state index in [1.807, 2.05) is 6.08 Å². The number of allylic oxidation sites excluding steroid dienone is 7. The molecule has 0 aliphatic rings. The second-order valence-corrected chi connectivity index (χ2v) is 17.5. The van der Waals surface area contributed by atoms with Crippen LogP contribution in [0, 0.1) is 0 Å². The third kappa shape index (κ3) is 45.3. The fourth-order valence-corrected chi connectivity index (χ4v) is 7.54. The van der Waals surface area contributed by atoms with Crippen molar-refractivity contribution in [2.45, 2.75) is 270 Å². The molecule has 3 N–H and O–H groups in total. The van der Waals surface area contributed by atoms with Crippen LogP contribution in [0.1, 0.15) is 258 Å². The molecule has 0 saturated carbocycles. The van der Waals surface area contributed by atoms with Crippen LogP contribution in [0.5, 0.6) is 0 Å². The summed E-state index contributed by atoms with van der Waals surface area (Å²) in [4.78, 5) is 24.5. The third-order valence-electron chi connectivity index (χ3n) is 11.6. The van der Waals surface area contributed by atoms with Crippen LogP contribution in [0.15, 0.2) is 48.6 Å². The van der Waals surface area contributed by atoms with E-state index in [2.05, 4.69) is 55.6 Å². The molecular weight excluding hydrogens is 743 g/mol. The number of esters is 1. The second kappa shape index (κ2) is 49.5. The Morgan fingerprint density at radius 3 is 1.32 bits per heavy atom. The Balaban J connectivity index is 3.55. The van der Waals surface area contributed by atoms with Gasteiger partial charge in [0.05, 0.1) is 25.4 Å². The van der Waals surface area contributed by atoms with Crippen LogP contribution in [0.2, 0.25) is 0 Å². The average Bonchev–Trinajstić information content (AvgIpc) is 3.25. The number of rotatable bonds is 47. The molecule has 6 nitrogen and oxygen atoms in total. The topological polar surface area (TPSA) is 95.9 Å². The summed E-state index contributed by atoms with van der Waals surface area (Å²) in [5, 5.41) is 23.0. The maximum Gasteiger partial charge on any atom is 0.305 e. The molecule has 1 amide bonds. The lowest BCUT2D eigenvalue weighted by atomic mass is 10.0. The van der Waals surface area contributed by atoms with Gasteiger partial charge in [-0.3, -0.25) is 9.59 Å². The summed E-state index contributed by atoms with van der Waals surface area (Å²) in [6.45, 7) is 4.80. The lowest BCUT2D eigenvalue weighted by molar-refractivity contribution is -0.143. The van der Waals surface area contributed by atoms with Crippen molar-refractivity contribution in [2.75, 3.05) is 13.2 Å². The molecule has 0 radical (unpaired) electrons. The number of hydrogen-bond donors (Lipinski definition) is 3. The SMILES string of the molecule is CCCCC/C=C\C/C=C\CCCCCCCCCC(=O)OCCCCC/C=C\CCCCCCCC(=O)NC(CO)C(O)/C=C/CCCCCCCCCCCCCC. The summed E-state index contributed by atoms with van der Waals surface area (Å²) in [6.07, 6.45) is 61.1. The molecule has 0 aliphatic carbocycles. The summed E-state index contributed by atoms with van der Waals surface area (Å²) >= 11 is 0. The van der Waals surface area contributed by atoms with E-state index in [1.165, 1.54) is 141 Å². The van der Waals surface area contributed by atoms with Gasteiger partial charge in [0, 0.05) is 12.8 Å². The van der Waals surface area contributed by atoms with E-state index in [0.717, 1.165) is 89.9 Å². The molecule has 0 spiro atoms. The maximum atomic E-state index is 12.4. The monoisotopic (exact) mass is 842 g/mol. The molecule has 60 heavy (non-hydrogen) atoms. The van der Waals surface area contributed by atoms with Crippen molar-refractivity contribution in [1.29, 1.82) is 0 Å². The number of aliphatic hydroxyl groups excluding tert-OH is 2. The number of aliphatic hydroxyl groups is 2. The number of ether oxygens (including phenoxy) is 1. The summed E-state index contributed by atoms with van der Waals surface area (Å²) < 4.78 is 5.45. The van der Waals surface area contributed by atoms with E-state index < -0.39 is 12.1 Å². The lowest BCUT2D eigenvalue weighted by Crippen LogP contribution is -2.45. The van der Waals surface area contributed by atoms with Crippen molar-refractivity contribution in [2.24, 2.45) is 0 Å². The van der Waals surface area contributed by atoms with Gasteiger partial charge in [-0.05, 0) is 96.3 Å². The van der Waals surface area contributed by atoms with E-state index in [1.54, 1.807) is 6.08 Å². The van der Waals surface area contributed by atoms with Crippen LogP contribution >= 0.6 is 0 Å². The van der Waals surface area contributed by atoms with Crippen molar-refractivity contribution in [3.05, 3.63) is 48.6 Å². The highest BCUT2D eigenvalue weighted by Gasteiger charge is 2.18. The molecule has 0 aromatic heterocycles. The molecule has 6 heteroatoms. The first-order chi connectivity index (χ1) is 29.5. The molecule has 2 unspecified atom stereocenters. The fraction of sp³-hybridized carbons (Fsp3) is 0.815. The Morgan fingerprint density at radius 2 is 0.833 bits per heavy atom. The smallest absolute Gasteiger partial charge is 0.305 e. The summed E-state index contributed by atoms with van der Waals surface area (Å²) in [7, 11) is 0. The van der Waals surface area contributed by atoms with Gasteiger partial charge in [-0.15, -0.1) is 0 Å². The minimum absolute atomic E-state index is 0.0330. The normalized spacial score (nSPS) is 13.1. The number of hydrogen-bond acceptors (Lipinski definition) is 5. The molecule has 2 atom stereocenters. The third-order valence-corrected chi connectivity index (χ3v) is 11.6. The van der Waals surface area contributed by atoms with E-state index in [4.69, 9.17) is 4.74 Å². The number of nitrogens with one attached hydrogen (secondary N) is 1. The highest BCUT2D eigenvalue weighted by molar-refractivity contribution is 5.76. The highest BCUT2D eigenvalue weighted by atomic mass is 16.5. The van der Waals surface area contributed by atoms with Crippen LogP contribution in [0.4, 0.5) is 0 Å². The molecule has 0 aromatic carbocycles. The number of carbonyl (C=O) groups excluding carboxylic acids is 2. The van der Waals surface area contributed by atoms with Crippen molar-refractivity contribution in [1.82, 2.24) is 5.32 Å². The predicted molar refractivity (Wildman–Crippen MR) is 259 cm³/mol. The Bertz CT molecular complexity index is 1020. The predicted octanol–water partition coefficient (Wildman–Crippen LogP) is 15.5. The van der Waals surface area contributed by atoms with Gasteiger partial charge in [-0.25, -0.2) is 0 Å². The second-order valence-electron chi connectivity index (χ2n) is 17.5. The zero-order valence-electron chi connectivity index (χ0n) is 39.7. The quantitative estimate of drug-likeness (QED) is 0.0322. The van der Waals surface area contributed by atoms with Gasteiger partial charge >= 0.3 is 5.97 Å². The Morgan fingerprint density at radius 1 is 0.467 bits per heavy atom. The first-order valence-corrected chi connectivity index (χ1v) is 25.9. The highest BCUT2D eigenvalue weighted by Crippen LogP contribution is 2.14. The summed E-state index contributed by atoms with van der Waals surface area (Å²) in [5.41, 5.74) is 0. The fourth-order valence-electron chi connectivity index (χ4n) is 7.54. The minimum Gasteiger partial charge on any atom is -0.466 e. The molecule has 0 rings (SSSR count). The summed E-state index contributed by atoms with van der Waals surface area (Å²) in [5.74, 6) is -0.129. The van der Waals surface area contributed by atoms with E-state index in [9.17, 15) is 19.8 Å². The number of unbranched alkanes of at least 4 members (excludes halogenated alkanes) is 30. The largest absolute Gasteiger partial charge is 0.466 e. The molecule has 0 fully saturated rings. The summed E-state index contributed by atoms with van der Waals surface area (Å²) in [6, 6.07) is -0.647. The molecule has 350 valence electrons. The van der Waals surface area contributed by atoms with E-state index >= 15 is 0 Å². The van der Waals surface area contributed by atoms with Gasteiger partial charge < -0.3 is 20.3 Å². The standard InChI is InChI=1S/C54H99NO5/c1-3-5-7-9-11-13-15-17-19-20-21-23-28-32-36-40-44-48-54(59)60-49-45-41-37-33-29-25-24-27-31-35-39-43-47-53(58)55-51(50-56)52(57)46-42-38-34-30-26-22-18-16-14-12-10-8-6-4-2/h11,13,17,19,25,29,42,46,51-52,56-57H,3-10,12,14-16,18,20-24,26-28,30-41,43-45,47-50H2,1-2H3,(H,55,58)/b13-11-,19-17-,29-25-,46-42+. The average molecular weight is 842 g/mol. The molecule has 0 bridgehead atoms. The van der Waals surface area contributed by atoms with Gasteiger partial charge in [-0.1, -0.05) is 197 Å². The maximum absolute atomic E-state index is 12.4. The zero-order chi connectivity index (χ0) is 43.7.